The van der Waals surface area contributed by atoms with Crippen molar-refractivity contribution in [3.8, 4) is 23.5 Å². The van der Waals surface area contributed by atoms with Crippen LogP contribution >= 0.6 is 0 Å². The fourth-order valence-electron chi connectivity index (χ4n) is 1.54. The second kappa shape index (κ2) is 5.27. The second-order valence-electron chi connectivity index (χ2n) is 3.78. The van der Waals surface area contributed by atoms with E-state index in [0.717, 1.165) is 0 Å². The number of rotatable bonds is 4. The first-order valence-corrected chi connectivity index (χ1v) is 5.81. The summed E-state index contributed by atoms with van der Waals surface area (Å²) in [5.41, 5.74) is 0. The van der Waals surface area contributed by atoms with E-state index in [1.54, 1.807) is 0 Å². The molecule has 0 spiro atoms. The number of ether oxygens (including phenoxy) is 2. The van der Waals surface area contributed by atoms with Gasteiger partial charge in [0.25, 0.3) is 5.88 Å². The van der Waals surface area contributed by atoms with Crippen molar-refractivity contribution < 1.29 is 13.9 Å². The topological polar surface area (TPSA) is 44.5 Å². The quantitative estimate of drug-likeness (QED) is 0.696. The second-order valence-corrected chi connectivity index (χ2v) is 3.78. The molecule has 0 fully saturated rings. The molecular formula is C15H11NO3. The largest absolute Gasteiger partial charge is 0.436 e. The molecule has 19 heavy (non-hydrogen) atoms. The van der Waals surface area contributed by atoms with Gasteiger partial charge in [-0.2, -0.15) is 0 Å². The standard InChI is InChI=1S/C15H11NO3/c1-3-7-12(8-4-1)18-14-11-17-15(16-14)19-13-9-5-2-6-10-13/h1-11H. The number of benzene rings is 2. The number of para-hydroxylation sites is 2. The Morgan fingerprint density at radius 2 is 1.32 bits per heavy atom. The first kappa shape index (κ1) is 11.3. The van der Waals surface area contributed by atoms with Crippen molar-refractivity contribution >= 4 is 0 Å². The third kappa shape index (κ3) is 2.93. The van der Waals surface area contributed by atoms with Crippen LogP contribution in [0.15, 0.2) is 71.3 Å². The van der Waals surface area contributed by atoms with E-state index < -0.39 is 0 Å². The molecule has 0 aliphatic rings. The minimum atomic E-state index is 0.150. The summed E-state index contributed by atoms with van der Waals surface area (Å²) in [7, 11) is 0. The lowest BCUT2D eigenvalue weighted by molar-refractivity contribution is 0.330. The van der Waals surface area contributed by atoms with E-state index in [-0.39, 0.29) is 6.08 Å². The van der Waals surface area contributed by atoms with E-state index in [2.05, 4.69) is 4.98 Å². The van der Waals surface area contributed by atoms with Gasteiger partial charge in [0.15, 0.2) is 6.26 Å². The van der Waals surface area contributed by atoms with Gasteiger partial charge in [-0.15, -0.1) is 4.98 Å². The molecule has 0 atom stereocenters. The number of aromatic nitrogens is 1. The Hall–Kier alpha value is -2.75. The molecule has 0 saturated carbocycles. The Balaban J connectivity index is 1.70. The van der Waals surface area contributed by atoms with Gasteiger partial charge in [0.05, 0.1) is 0 Å². The molecular weight excluding hydrogens is 242 g/mol. The van der Waals surface area contributed by atoms with E-state index in [1.165, 1.54) is 6.26 Å². The molecule has 94 valence electrons. The Kier molecular flexibility index (Phi) is 3.14. The molecule has 3 aromatic rings. The average molecular weight is 253 g/mol. The normalized spacial score (nSPS) is 10.1. The molecule has 2 aromatic carbocycles. The maximum atomic E-state index is 5.51. The first-order valence-electron chi connectivity index (χ1n) is 5.81. The summed E-state index contributed by atoms with van der Waals surface area (Å²) >= 11 is 0. The molecule has 0 bridgehead atoms. The molecule has 1 aromatic heterocycles. The van der Waals surface area contributed by atoms with Crippen molar-refractivity contribution in [1.29, 1.82) is 0 Å². The van der Waals surface area contributed by atoms with Crippen LogP contribution in [-0.2, 0) is 0 Å². The van der Waals surface area contributed by atoms with Gasteiger partial charge >= 0.3 is 6.08 Å². The van der Waals surface area contributed by atoms with Crippen LogP contribution in [0.4, 0.5) is 0 Å². The molecule has 0 aliphatic heterocycles. The van der Waals surface area contributed by atoms with E-state index in [1.807, 2.05) is 60.7 Å². The average Bonchev–Trinajstić information content (AvgIpc) is 2.88. The van der Waals surface area contributed by atoms with Gasteiger partial charge in [-0.25, -0.2) is 0 Å². The summed E-state index contributed by atoms with van der Waals surface area (Å²) in [6, 6.07) is 18.7. The predicted octanol–water partition coefficient (Wildman–Crippen LogP) is 4.26. The van der Waals surface area contributed by atoms with Crippen LogP contribution in [0.1, 0.15) is 0 Å². The minimum Gasteiger partial charge on any atom is -0.436 e. The summed E-state index contributed by atoms with van der Waals surface area (Å²) in [5.74, 6) is 1.72. The van der Waals surface area contributed by atoms with E-state index in [9.17, 15) is 0 Å². The van der Waals surface area contributed by atoms with Gasteiger partial charge in [-0.1, -0.05) is 36.4 Å². The smallest absolute Gasteiger partial charge is 0.402 e. The lowest BCUT2D eigenvalue weighted by Gasteiger charge is -1.99. The Morgan fingerprint density at radius 1 is 0.737 bits per heavy atom. The zero-order valence-corrected chi connectivity index (χ0v) is 10.0. The molecule has 4 nitrogen and oxygen atoms in total. The predicted molar refractivity (Wildman–Crippen MR) is 69.5 cm³/mol. The lowest BCUT2D eigenvalue weighted by Crippen LogP contribution is -1.85. The van der Waals surface area contributed by atoms with Crippen LogP contribution in [0, 0.1) is 0 Å². The van der Waals surface area contributed by atoms with Crippen molar-refractivity contribution in [2.24, 2.45) is 0 Å². The summed E-state index contributed by atoms with van der Waals surface area (Å²) < 4.78 is 16.1. The highest BCUT2D eigenvalue weighted by atomic mass is 16.6. The van der Waals surface area contributed by atoms with E-state index in [0.29, 0.717) is 17.4 Å². The van der Waals surface area contributed by atoms with Gasteiger partial charge in [0.1, 0.15) is 11.5 Å². The molecule has 0 saturated heterocycles. The van der Waals surface area contributed by atoms with Crippen molar-refractivity contribution in [3.05, 3.63) is 66.9 Å². The van der Waals surface area contributed by atoms with Gasteiger partial charge in [0.2, 0.25) is 0 Å². The highest BCUT2D eigenvalue weighted by Crippen LogP contribution is 2.26. The van der Waals surface area contributed by atoms with Crippen LogP contribution in [0.25, 0.3) is 0 Å². The summed E-state index contributed by atoms with van der Waals surface area (Å²) in [6.07, 6.45) is 1.56. The number of hydrogen-bond acceptors (Lipinski definition) is 4. The first-order chi connectivity index (χ1) is 9.40. The fourth-order valence-corrected chi connectivity index (χ4v) is 1.54. The highest BCUT2D eigenvalue weighted by molar-refractivity contribution is 5.27. The molecule has 0 aliphatic carbocycles. The molecule has 4 heteroatoms. The van der Waals surface area contributed by atoms with Gasteiger partial charge in [0, 0.05) is 0 Å². The lowest BCUT2D eigenvalue weighted by atomic mass is 10.3. The SMILES string of the molecule is c1ccc(Oc2coc(Oc3ccccc3)n2)cc1. The summed E-state index contributed by atoms with van der Waals surface area (Å²) in [6.45, 7) is 0. The van der Waals surface area contributed by atoms with Crippen LogP contribution in [0.5, 0.6) is 23.5 Å². The molecule has 0 amide bonds. The number of oxazole rings is 1. The zero-order valence-electron chi connectivity index (χ0n) is 10.0. The van der Waals surface area contributed by atoms with Crippen molar-refractivity contribution in [2.75, 3.05) is 0 Å². The van der Waals surface area contributed by atoms with Crippen LogP contribution in [0.2, 0.25) is 0 Å². The molecule has 0 N–H and O–H groups in total. The minimum absolute atomic E-state index is 0.150. The maximum absolute atomic E-state index is 5.51. The van der Waals surface area contributed by atoms with Crippen LogP contribution in [0.3, 0.4) is 0 Å². The molecule has 3 rings (SSSR count). The van der Waals surface area contributed by atoms with E-state index in [4.69, 9.17) is 13.9 Å². The Labute approximate surface area is 110 Å². The molecule has 1 heterocycles. The maximum Gasteiger partial charge on any atom is 0.402 e. The van der Waals surface area contributed by atoms with Gasteiger partial charge in [-0.05, 0) is 24.3 Å². The Bertz CT molecular complexity index is 579. The number of nitrogens with zero attached hydrogens (tertiary/aromatic N) is 1. The van der Waals surface area contributed by atoms with Gasteiger partial charge in [-0.3, -0.25) is 0 Å². The third-order valence-corrected chi connectivity index (χ3v) is 2.38. The van der Waals surface area contributed by atoms with Crippen molar-refractivity contribution in [3.63, 3.8) is 0 Å². The summed E-state index contributed by atoms with van der Waals surface area (Å²) in [5, 5.41) is 0. The molecule has 0 radical (unpaired) electrons. The van der Waals surface area contributed by atoms with Gasteiger partial charge < -0.3 is 13.9 Å². The fraction of sp³-hybridized carbons (Fsp3) is 0. The van der Waals surface area contributed by atoms with Crippen molar-refractivity contribution in [2.45, 2.75) is 0 Å². The zero-order chi connectivity index (χ0) is 12.9. The van der Waals surface area contributed by atoms with Crippen LogP contribution < -0.4 is 9.47 Å². The Morgan fingerprint density at radius 3 is 1.95 bits per heavy atom. The van der Waals surface area contributed by atoms with E-state index >= 15 is 0 Å². The van der Waals surface area contributed by atoms with Crippen molar-refractivity contribution in [1.82, 2.24) is 4.98 Å². The monoisotopic (exact) mass is 253 g/mol. The molecule has 0 unspecified atom stereocenters. The highest BCUT2D eigenvalue weighted by Gasteiger charge is 2.07. The third-order valence-electron chi connectivity index (χ3n) is 2.38. The summed E-state index contributed by atoms with van der Waals surface area (Å²) in [4.78, 5) is 4.09. The van der Waals surface area contributed by atoms with Crippen LogP contribution in [-0.4, -0.2) is 4.98 Å². The number of hydrogen-bond donors (Lipinski definition) is 0.